The van der Waals surface area contributed by atoms with E-state index in [0.717, 1.165) is 0 Å². The zero-order chi connectivity index (χ0) is 10.1. The van der Waals surface area contributed by atoms with Crippen LogP contribution >= 0.6 is 0 Å². The standard InChI is InChI=1S/C7H9NO4S/c1-5-3-2-4-6(9)7(5)8-13(10,11)12/h2-4,8-9H,1H3,(H,10,11,12). The van der Waals surface area contributed by atoms with Crippen LogP contribution in [-0.2, 0) is 10.3 Å². The summed E-state index contributed by atoms with van der Waals surface area (Å²) in [7, 11) is -4.33. The Morgan fingerprint density at radius 2 is 2.00 bits per heavy atom. The van der Waals surface area contributed by atoms with Crippen molar-refractivity contribution < 1.29 is 18.1 Å². The van der Waals surface area contributed by atoms with E-state index >= 15 is 0 Å². The summed E-state index contributed by atoms with van der Waals surface area (Å²) in [5.74, 6) is -0.224. The Morgan fingerprint density at radius 1 is 1.38 bits per heavy atom. The molecule has 0 aliphatic rings. The van der Waals surface area contributed by atoms with Crippen LogP contribution in [0, 0.1) is 6.92 Å². The molecule has 0 radical (unpaired) electrons. The highest BCUT2D eigenvalue weighted by Crippen LogP contribution is 2.26. The van der Waals surface area contributed by atoms with Gasteiger partial charge in [-0.25, -0.2) is 0 Å². The number of benzene rings is 1. The molecule has 0 unspecified atom stereocenters. The molecule has 0 fully saturated rings. The van der Waals surface area contributed by atoms with Crippen molar-refractivity contribution in [1.29, 1.82) is 0 Å². The van der Waals surface area contributed by atoms with Crippen LogP contribution in [0.1, 0.15) is 5.56 Å². The monoisotopic (exact) mass is 203 g/mol. The van der Waals surface area contributed by atoms with Crippen LogP contribution in [-0.4, -0.2) is 18.1 Å². The van der Waals surface area contributed by atoms with Crippen molar-refractivity contribution in [3.8, 4) is 5.75 Å². The number of para-hydroxylation sites is 1. The molecule has 0 saturated heterocycles. The first-order valence-electron chi connectivity index (χ1n) is 3.44. The first-order valence-corrected chi connectivity index (χ1v) is 4.88. The van der Waals surface area contributed by atoms with Gasteiger partial charge in [0.2, 0.25) is 0 Å². The zero-order valence-electron chi connectivity index (χ0n) is 6.85. The quantitative estimate of drug-likeness (QED) is 0.492. The molecule has 0 heterocycles. The highest BCUT2D eigenvalue weighted by molar-refractivity contribution is 7.87. The number of hydrogen-bond donors (Lipinski definition) is 3. The van der Waals surface area contributed by atoms with Gasteiger partial charge in [-0.2, -0.15) is 8.42 Å². The van der Waals surface area contributed by atoms with Gasteiger partial charge in [0.05, 0.1) is 5.69 Å². The first kappa shape index (κ1) is 9.82. The second-order valence-corrected chi connectivity index (χ2v) is 3.70. The van der Waals surface area contributed by atoms with Crippen molar-refractivity contribution >= 4 is 16.0 Å². The summed E-state index contributed by atoms with van der Waals surface area (Å²) in [4.78, 5) is 0. The van der Waals surface area contributed by atoms with Gasteiger partial charge in [0.15, 0.2) is 0 Å². The van der Waals surface area contributed by atoms with Crippen LogP contribution in [0.4, 0.5) is 5.69 Å². The number of phenolic OH excluding ortho intramolecular Hbond substituents is 1. The molecule has 5 nitrogen and oxygen atoms in total. The van der Waals surface area contributed by atoms with Crippen molar-refractivity contribution in [2.24, 2.45) is 0 Å². The summed E-state index contributed by atoms with van der Waals surface area (Å²) in [5, 5.41) is 9.22. The molecule has 0 spiro atoms. The summed E-state index contributed by atoms with van der Waals surface area (Å²) in [6.45, 7) is 1.60. The Morgan fingerprint density at radius 3 is 2.46 bits per heavy atom. The van der Waals surface area contributed by atoms with Crippen LogP contribution in [0.15, 0.2) is 18.2 Å². The maximum absolute atomic E-state index is 10.4. The van der Waals surface area contributed by atoms with Crippen molar-refractivity contribution in [3.05, 3.63) is 23.8 Å². The van der Waals surface area contributed by atoms with E-state index in [0.29, 0.717) is 5.56 Å². The van der Waals surface area contributed by atoms with E-state index in [4.69, 9.17) is 4.55 Å². The Labute approximate surface area is 75.9 Å². The minimum atomic E-state index is -4.33. The van der Waals surface area contributed by atoms with E-state index < -0.39 is 10.3 Å². The fourth-order valence-corrected chi connectivity index (χ4v) is 1.44. The summed E-state index contributed by atoms with van der Waals surface area (Å²) >= 11 is 0. The van der Waals surface area contributed by atoms with Crippen LogP contribution in [0.25, 0.3) is 0 Å². The van der Waals surface area contributed by atoms with Crippen molar-refractivity contribution in [2.75, 3.05) is 4.72 Å². The molecule has 0 aromatic heterocycles. The smallest absolute Gasteiger partial charge is 0.357 e. The molecule has 6 heteroatoms. The van der Waals surface area contributed by atoms with Crippen LogP contribution < -0.4 is 4.72 Å². The summed E-state index contributed by atoms with van der Waals surface area (Å²) in [6.07, 6.45) is 0. The third kappa shape index (κ3) is 2.60. The lowest BCUT2D eigenvalue weighted by Gasteiger charge is -2.07. The molecule has 3 N–H and O–H groups in total. The maximum atomic E-state index is 10.4. The minimum Gasteiger partial charge on any atom is -0.506 e. The van der Waals surface area contributed by atoms with Crippen molar-refractivity contribution in [1.82, 2.24) is 0 Å². The second-order valence-electron chi connectivity index (χ2n) is 2.55. The van der Waals surface area contributed by atoms with Gasteiger partial charge >= 0.3 is 10.3 Å². The molecule has 0 aliphatic heterocycles. The van der Waals surface area contributed by atoms with Crippen LogP contribution in [0.5, 0.6) is 5.75 Å². The van der Waals surface area contributed by atoms with Gasteiger partial charge in [-0.1, -0.05) is 12.1 Å². The average molecular weight is 203 g/mol. The van der Waals surface area contributed by atoms with Crippen LogP contribution in [0.3, 0.4) is 0 Å². The summed E-state index contributed by atoms with van der Waals surface area (Å²) in [5.41, 5.74) is 0.516. The normalized spacial score (nSPS) is 11.2. The number of rotatable bonds is 2. The molecule has 72 valence electrons. The lowest BCUT2D eigenvalue weighted by molar-refractivity contribution is 0.473. The van der Waals surface area contributed by atoms with Gasteiger partial charge in [0.25, 0.3) is 0 Å². The summed E-state index contributed by atoms with van der Waals surface area (Å²) in [6, 6.07) is 4.49. The number of anilines is 1. The van der Waals surface area contributed by atoms with Crippen LogP contribution in [0.2, 0.25) is 0 Å². The first-order chi connectivity index (χ1) is 5.90. The molecule has 13 heavy (non-hydrogen) atoms. The average Bonchev–Trinajstić information content (AvgIpc) is 1.95. The van der Waals surface area contributed by atoms with Gasteiger partial charge in [0, 0.05) is 0 Å². The largest absolute Gasteiger partial charge is 0.506 e. The van der Waals surface area contributed by atoms with Gasteiger partial charge in [-0.15, -0.1) is 0 Å². The number of aromatic hydroxyl groups is 1. The van der Waals surface area contributed by atoms with Crippen molar-refractivity contribution in [3.63, 3.8) is 0 Å². The molecule has 1 aromatic rings. The van der Waals surface area contributed by atoms with Gasteiger partial charge in [-0.05, 0) is 18.6 Å². The molecule has 1 aromatic carbocycles. The Hall–Kier alpha value is -1.27. The molecule has 0 aliphatic carbocycles. The van der Waals surface area contributed by atoms with E-state index in [1.807, 2.05) is 0 Å². The summed E-state index contributed by atoms with van der Waals surface area (Å²) < 4.78 is 31.1. The highest BCUT2D eigenvalue weighted by Gasteiger charge is 2.10. The second kappa shape index (κ2) is 3.23. The Bertz CT molecular complexity index is 392. The number of nitrogens with one attached hydrogen (secondary N) is 1. The minimum absolute atomic E-state index is 0.00926. The molecule has 0 amide bonds. The maximum Gasteiger partial charge on any atom is 0.357 e. The van der Waals surface area contributed by atoms with Crippen molar-refractivity contribution in [2.45, 2.75) is 6.92 Å². The van der Waals surface area contributed by atoms with Gasteiger partial charge in [0.1, 0.15) is 5.75 Å². The predicted octanol–water partition coefficient (Wildman–Crippen LogP) is 0.915. The molecule has 0 bridgehead atoms. The highest BCUT2D eigenvalue weighted by atomic mass is 32.2. The molecular formula is C7H9NO4S. The molecule has 0 atom stereocenters. The Balaban J connectivity index is 3.15. The number of hydrogen-bond acceptors (Lipinski definition) is 3. The van der Waals surface area contributed by atoms with E-state index in [1.54, 1.807) is 23.8 Å². The fraction of sp³-hybridized carbons (Fsp3) is 0.143. The van der Waals surface area contributed by atoms with E-state index in [2.05, 4.69) is 0 Å². The van der Waals surface area contributed by atoms with E-state index in [-0.39, 0.29) is 11.4 Å². The number of aryl methyl sites for hydroxylation is 1. The lowest BCUT2D eigenvalue weighted by atomic mass is 10.2. The number of phenols is 1. The molecule has 0 saturated carbocycles. The van der Waals surface area contributed by atoms with E-state index in [1.165, 1.54) is 6.07 Å². The predicted molar refractivity (Wildman–Crippen MR) is 48.0 cm³/mol. The SMILES string of the molecule is Cc1cccc(O)c1NS(=O)(=O)O. The van der Waals surface area contributed by atoms with Gasteiger partial charge in [-0.3, -0.25) is 9.27 Å². The van der Waals surface area contributed by atoms with E-state index in [9.17, 15) is 13.5 Å². The topological polar surface area (TPSA) is 86.6 Å². The molecule has 1 rings (SSSR count). The van der Waals surface area contributed by atoms with Gasteiger partial charge < -0.3 is 5.11 Å². The fourth-order valence-electron chi connectivity index (χ4n) is 0.914. The molecular weight excluding hydrogens is 194 g/mol. The Kier molecular flexibility index (Phi) is 2.44. The third-order valence-electron chi connectivity index (χ3n) is 1.48. The lowest BCUT2D eigenvalue weighted by Crippen LogP contribution is -2.11. The third-order valence-corrected chi connectivity index (χ3v) is 1.94. The zero-order valence-corrected chi connectivity index (χ0v) is 7.67.